The quantitative estimate of drug-likeness (QED) is 0.780. The van der Waals surface area contributed by atoms with E-state index >= 15 is 0 Å². The highest BCUT2D eigenvalue weighted by Gasteiger charge is 2.13. The summed E-state index contributed by atoms with van der Waals surface area (Å²) >= 11 is 5.51. The van der Waals surface area contributed by atoms with E-state index in [9.17, 15) is 8.78 Å². The van der Waals surface area contributed by atoms with Crippen LogP contribution in [0.15, 0.2) is 12.3 Å². The van der Waals surface area contributed by atoms with Gasteiger partial charge in [-0.3, -0.25) is 4.98 Å². The Balaban J connectivity index is 3.03. The minimum Gasteiger partial charge on any atom is -0.326 e. The molecule has 0 aromatic carbocycles. The van der Waals surface area contributed by atoms with Gasteiger partial charge in [0.25, 0.3) is 6.43 Å². The molecule has 0 amide bonds. The zero-order chi connectivity index (χ0) is 9.14. The zero-order valence-electron chi connectivity index (χ0n) is 6.10. The van der Waals surface area contributed by atoms with Gasteiger partial charge in [0.1, 0.15) is 5.69 Å². The molecule has 0 atom stereocenters. The van der Waals surface area contributed by atoms with Crippen molar-refractivity contribution in [3.8, 4) is 0 Å². The lowest BCUT2D eigenvalue weighted by atomic mass is 10.2. The highest BCUT2D eigenvalue weighted by Crippen LogP contribution is 2.24. The van der Waals surface area contributed by atoms with Gasteiger partial charge in [-0.2, -0.15) is 0 Å². The highest BCUT2D eigenvalue weighted by molar-refractivity contribution is 6.31. The lowest BCUT2D eigenvalue weighted by Gasteiger charge is -2.02. The monoisotopic (exact) mass is 192 g/mol. The molecule has 0 fully saturated rings. The molecule has 0 saturated heterocycles. The van der Waals surface area contributed by atoms with Gasteiger partial charge in [0.05, 0.1) is 5.02 Å². The fraction of sp³-hybridized carbons (Fsp3) is 0.286. The van der Waals surface area contributed by atoms with Crippen molar-refractivity contribution >= 4 is 11.6 Å². The van der Waals surface area contributed by atoms with Crippen LogP contribution < -0.4 is 5.73 Å². The average Bonchev–Trinajstić information content (AvgIpc) is 2.03. The van der Waals surface area contributed by atoms with Crippen LogP contribution in [-0.4, -0.2) is 4.98 Å². The van der Waals surface area contributed by atoms with Gasteiger partial charge >= 0.3 is 0 Å². The van der Waals surface area contributed by atoms with Crippen molar-refractivity contribution in [3.05, 3.63) is 28.5 Å². The van der Waals surface area contributed by atoms with E-state index in [0.29, 0.717) is 5.56 Å². The van der Waals surface area contributed by atoms with Crippen LogP contribution in [0.1, 0.15) is 17.7 Å². The molecule has 1 rings (SSSR count). The van der Waals surface area contributed by atoms with Gasteiger partial charge < -0.3 is 5.73 Å². The van der Waals surface area contributed by atoms with Crippen LogP contribution in [0.25, 0.3) is 0 Å². The highest BCUT2D eigenvalue weighted by atomic mass is 35.5. The lowest BCUT2D eigenvalue weighted by molar-refractivity contribution is 0.146. The van der Waals surface area contributed by atoms with Gasteiger partial charge in [0, 0.05) is 12.7 Å². The number of alkyl halides is 2. The molecule has 0 bridgehead atoms. The predicted octanol–water partition coefficient (Wildman–Crippen LogP) is 2.13. The Morgan fingerprint density at radius 2 is 2.25 bits per heavy atom. The second-order valence-corrected chi connectivity index (χ2v) is 2.62. The van der Waals surface area contributed by atoms with Crippen LogP contribution in [0.4, 0.5) is 8.78 Å². The van der Waals surface area contributed by atoms with Crippen molar-refractivity contribution in [1.82, 2.24) is 4.98 Å². The molecule has 66 valence electrons. The molecule has 0 unspecified atom stereocenters. The van der Waals surface area contributed by atoms with E-state index in [2.05, 4.69) is 4.98 Å². The summed E-state index contributed by atoms with van der Waals surface area (Å²) in [6.07, 6.45) is -1.34. The van der Waals surface area contributed by atoms with Gasteiger partial charge in [-0.15, -0.1) is 0 Å². The number of nitrogens with zero attached hydrogens (tertiary/aromatic N) is 1. The lowest BCUT2D eigenvalue weighted by Crippen LogP contribution is -1.99. The van der Waals surface area contributed by atoms with Crippen LogP contribution in [0.2, 0.25) is 5.02 Å². The summed E-state index contributed by atoms with van der Waals surface area (Å²) in [5.74, 6) is 0. The van der Waals surface area contributed by atoms with Crippen LogP contribution in [-0.2, 0) is 6.54 Å². The standard InChI is InChI=1S/C7H7ClF2N2/c8-5-1-4(2-11)3-12-6(5)7(9)10/h1,3,7H,2,11H2. The van der Waals surface area contributed by atoms with E-state index in [-0.39, 0.29) is 11.6 Å². The second kappa shape index (κ2) is 3.78. The van der Waals surface area contributed by atoms with Crippen molar-refractivity contribution in [2.24, 2.45) is 5.73 Å². The summed E-state index contributed by atoms with van der Waals surface area (Å²) in [5, 5.41) is -0.0343. The Labute approximate surface area is 73.4 Å². The second-order valence-electron chi connectivity index (χ2n) is 2.22. The third-order valence-corrected chi connectivity index (χ3v) is 1.67. The van der Waals surface area contributed by atoms with Crippen LogP contribution in [0.5, 0.6) is 0 Å². The van der Waals surface area contributed by atoms with Crippen molar-refractivity contribution < 1.29 is 8.78 Å². The zero-order valence-corrected chi connectivity index (χ0v) is 6.85. The SMILES string of the molecule is NCc1cnc(C(F)F)c(Cl)c1. The van der Waals surface area contributed by atoms with Gasteiger partial charge in [-0.1, -0.05) is 11.6 Å². The number of pyridine rings is 1. The molecule has 2 nitrogen and oxygen atoms in total. The average molecular weight is 193 g/mol. The Bertz CT molecular complexity index is 278. The first kappa shape index (κ1) is 9.35. The van der Waals surface area contributed by atoms with E-state index in [0.717, 1.165) is 0 Å². The van der Waals surface area contributed by atoms with Gasteiger partial charge in [-0.05, 0) is 11.6 Å². The Morgan fingerprint density at radius 3 is 2.67 bits per heavy atom. The van der Waals surface area contributed by atoms with E-state index < -0.39 is 12.1 Å². The molecule has 0 saturated carbocycles. The number of halogens is 3. The number of hydrogen-bond donors (Lipinski definition) is 1. The number of hydrogen-bond acceptors (Lipinski definition) is 2. The third-order valence-electron chi connectivity index (χ3n) is 1.37. The molecule has 2 N–H and O–H groups in total. The predicted molar refractivity (Wildman–Crippen MR) is 42.1 cm³/mol. The summed E-state index contributed by atoms with van der Waals surface area (Å²) in [5.41, 5.74) is 5.51. The van der Waals surface area contributed by atoms with Crippen molar-refractivity contribution in [3.63, 3.8) is 0 Å². The minimum absolute atomic E-state index is 0.0343. The van der Waals surface area contributed by atoms with Crippen molar-refractivity contribution in [2.45, 2.75) is 13.0 Å². The molecule has 1 heterocycles. The molecule has 0 aliphatic carbocycles. The summed E-state index contributed by atoms with van der Waals surface area (Å²) in [6.45, 7) is 0.246. The molecule has 0 aliphatic heterocycles. The van der Waals surface area contributed by atoms with Crippen LogP contribution >= 0.6 is 11.6 Å². The summed E-state index contributed by atoms with van der Waals surface area (Å²) < 4.78 is 24.2. The molecular formula is C7H7ClF2N2. The Morgan fingerprint density at radius 1 is 1.58 bits per heavy atom. The van der Waals surface area contributed by atoms with E-state index in [4.69, 9.17) is 17.3 Å². The Hall–Kier alpha value is -0.740. The smallest absolute Gasteiger partial charge is 0.281 e. The number of aromatic nitrogens is 1. The van der Waals surface area contributed by atoms with E-state index in [1.54, 1.807) is 0 Å². The van der Waals surface area contributed by atoms with E-state index in [1.165, 1.54) is 12.3 Å². The fourth-order valence-electron chi connectivity index (χ4n) is 0.760. The maximum absolute atomic E-state index is 12.1. The van der Waals surface area contributed by atoms with Crippen molar-refractivity contribution in [2.75, 3.05) is 0 Å². The molecular weight excluding hydrogens is 186 g/mol. The molecule has 0 aliphatic rings. The molecule has 12 heavy (non-hydrogen) atoms. The fourth-order valence-corrected chi connectivity index (χ4v) is 1.03. The number of nitrogens with two attached hydrogens (primary N) is 1. The molecule has 0 radical (unpaired) electrons. The first-order valence-electron chi connectivity index (χ1n) is 3.27. The van der Waals surface area contributed by atoms with Crippen molar-refractivity contribution in [1.29, 1.82) is 0 Å². The van der Waals surface area contributed by atoms with Gasteiger partial charge in [0.15, 0.2) is 0 Å². The topological polar surface area (TPSA) is 38.9 Å². The third kappa shape index (κ3) is 1.89. The molecule has 5 heteroatoms. The van der Waals surface area contributed by atoms with Crippen LogP contribution in [0, 0.1) is 0 Å². The normalized spacial score (nSPS) is 10.8. The maximum Gasteiger partial charge on any atom is 0.281 e. The molecule has 0 spiro atoms. The largest absolute Gasteiger partial charge is 0.326 e. The summed E-state index contributed by atoms with van der Waals surface area (Å²) in [4.78, 5) is 3.49. The molecule has 1 aromatic rings. The first-order chi connectivity index (χ1) is 5.65. The maximum atomic E-state index is 12.1. The van der Waals surface area contributed by atoms with Crippen LogP contribution in [0.3, 0.4) is 0 Å². The first-order valence-corrected chi connectivity index (χ1v) is 3.65. The number of rotatable bonds is 2. The molecule has 1 aromatic heterocycles. The summed E-state index contributed by atoms with van der Waals surface area (Å²) in [6, 6.07) is 1.40. The van der Waals surface area contributed by atoms with E-state index in [1.807, 2.05) is 0 Å². The van der Waals surface area contributed by atoms with Gasteiger partial charge in [-0.25, -0.2) is 8.78 Å². The Kier molecular flexibility index (Phi) is 2.94. The van der Waals surface area contributed by atoms with Gasteiger partial charge in [0.2, 0.25) is 0 Å². The minimum atomic E-state index is -2.63. The summed E-state index contributed by atoms with van der Waals surface area (Å²) in [7, 11) is 0.